The molecule has 3 aliphatic rings. The second-order valence-corrected chi connectivity index (χ2v) is 10.7. The van der Waals surface area contributed by atoms with Gasteiger partial charge in [0.1, 0.15) is 18.5 Å². The molecule has 5 rings (SSSR count). The average Bonchev–Trinajstić information content (AvgIpc) is 2.96. The van der Waals surface area contributed by atoms with Crippen LogP contribution in [0.4, 0.5) is 5.69 Å². The van der Waals surface area contributed by atoms with Crippen molar-refractivity contribution in [2.45, 2.75) is 63.3 Å². The molecule has 3 amide bonds. The largest absolute Gasteiger partial charge is 0.490 e. The maximum Gasteiger partial charge on any atom is 0.257 e. The standard InChI is InChI=1S/C30H37N3O6/c1-19(20-6-4-3-5-7-20)31-28(34)17-23-9-10-25-27(39-23)18-38-26-11-8-22(16-24(26)30(36)33(25)2)32-29(35)21-12-14-37-15-13-21/h3-8,11,16,19,21,23,25,27H,9-10,12-15,17-18H2,1-2H3,(H,31,34)(H,32,35)/t19-,23+,25+,27+/m1/s1. The minimum Gasteiger partial charge on any atom is -0.490 e. The Hall–Kier alpha value is -3.43. The quantitative estimate of drug-likeness (QED) is 0.584. The van der Waals surface area contributed by atoms with Gasteiger partial charge < -0.3 is 29.7 Å². The second kappa shape index (κ2) is 12.2. The molecule has 3 aliphatic heterocycles. The molecule has 2 aromatic carbocycles. The lowest BCUT2D eigenvalue weighted by molar-refractivity contribution is -0.134. The zero-order valence-corrected chi connectivity index (χ0v) is 22.6. The molecule has 2 aromatic rings. The number of nitrogens with one attached hydrogen (secondary N) is 2. The zero-order chi connectivity index (χ0) is 27.4. The van der Waals surface area contributed by atoms with Gasteiger partial charge in [-0.15, -0.1) is 0 Å². The number of likely N-dealkylation sites (N-methyl/N-ethyl adjacent to an activating group) is 1. The summed E-state index contributed by atoms with van der Waals surface area (Å²) < 4.78 is 17.7. The topological polar surface area (TPSA) is 106 Å². The molecule has 3 heterocycles. The van der Waals surface area contributed by atoms with Crippen molar-refractivity contribution in [2.75, 3.05) is 32.2 Å². The van der Waals surface area contributed by atoms with Gasteiger partial charge in [0.05, 0.1) is 30.2 Å². The highest BCUT2D eigenvalue weighted by molar-refractivity contribution is 6.00. The highest BCUT2D eigenvalue weighted by atomic mass is 16.5. The monoisotopic (exact) mass is 535 g/mol. The number of amides is 3. The van der Waals surface area contributed by atoms with E-state index in [1.165, 1.54) is 0 Å². The molecule has 2 N–H and O–H groups in total. The fourth-order valence-corrected chi connectivity index (χ4v) is 5.64. The number of benzene rings is 2. The number of ether oxygens (including phenoxy) is 3. The van der Waals surface area contributed by atoms with E-state index >= 15 is 0 Å². The molecule has 0 radical (unpaired) electrons. The van der Waals surface area contributed by atoms with Gasteiger partial charge in [0.25, 0.3) is 5.91 Å². The lowest BCUT2D eigenvalue weighted by Gasteiger charge is -2.42. The Bertz CT molecular complexity index is 1180. The molecule has 0 unspecified atom stereocenters. The first-order valence-electron chi connectivity index (χ1n) is 13.8. The van der Waals surface area contributed by atoms with Gasteiger partial charge in [-0.3, -0.25) is 14.4 Å². The van der Waals surface area contributed by atoms with Crippen molar-refractivity contribution in [1.29, 1.82) is 0 Å². The highest BCUT2D eigenvalue weighted by Gasteiger charge is 2.39. The first-order chi connectivity index (χ1) is 18.9. The maximum atomic E-state index is 13.5. The molecule has 9 nitrogen and oxygen atoms in total. The lowest BCUT2D eigenvalue weighted by Crippen LogP contribution is -2.54. The molecule has 0 bridgehead atoms. The molecule has 0 spiro atoms. The van der Waals surface area contributed by atoms with Crippen LogP contribution in [0.25, 0.3) is 0 Å². The van der Waals surface area contributed by atoms with Crippen LogP contribution >= 0.6 is 0 Å². The molecule has 4 atom stereocenters. The molecule has 2 saturated heterocycles. The molecule has 0 aromatic heterocycles. The molecular formula is C30H37N3O6. The summed E-state index contributed by atoms with van der Waals surface area (Å²) >= 11 is 0. The van der Waals surface area contributed by atoms with Crippen molar-refractivity contribution in [2.24, 2.45) is 5.92 Å². The normalized spacial score (nSPS) is 24.3. The van der Waals surface area contributed by atoms with Crippen molar-refractivity contribution in [3.8, 4) is 5.75 Å². The summed E-state index contributed by atoms with van der Waals surface area (Å²) in [6.07, 6.45) is 2.42. The number of rotatable bonds is 6. The van der Waals surface area contributed by atoms with Gasteiger partial charge in [-0.25, -0.2) is 0 Å². The summed E-state index contributed by atoms with van der Waals surface area (Å²) in [7, 11) is 1.78. The number of fused-ring (bicyclic) bond motifs is 2. The summed E-state index contributed by atoms with van der Waals surface area (Å²) in [5.41, 5.74) is 2.04. The van der Waals surface area contributed by atoms with E-state index in [1.807, 2.05) is 37.3 Å². The van der Waals surface area contributed by atoms with E-state index in [0.717, 1.165) is 5.56 Å². The van der Waals surface area contributed by atoms with E-state index in [0.29, 0.717) is 55.9 Å². The fraction of sp³-hybridized carbons (Fsp3) is 0.500. The van der Waals surface area contributed by atoms with Crippen LogP contribution in [0.1, 0.15) is 61.0 Å². The van der Waals surface area contributed by atoms with E-state index in [2.05, 4.69) is 10.6 Å². The van der Waals surface area contributed by atoms with Crippen molar-refractivity contribution in [3.05, 3.63) is 59.7 Å². The third kappa shape index (κ3) is 6.42. The smallest absolute Gasteiger partial charge is 0.257 e. The van der Waals surface area contributed by atoms with Gasteiger partial charge in [0, 0.05) is 31.9 Å². The predicted molar refractivity (Wildman–Crippen MR) is 146 cm³/mol. The number of nitrogens with zero attached hydrogens (tertiary/aromatic N) is 1. The molecular weight excluding hydrogens is 498 g/mol. The summed E-state index contributed by atoms with van der Waals surface area (Å²) in [6, 6.07) is 14.8. The van der Waals surface area contributed by atoms with Gasteiger partial charge in [0.2, 0.25) is 11.8 Å². The molecule has 2 fully saturated rings. The van der Waals surface area contributed by atoms with Crippen LogP contribution in [0.5, 0.6) is 5.75 Å². The highest BCUT2D eigenvalue weighted by Crippen LogP contribution is 2.33. The van der Waals surface area contributed by atoms with Crippen LogP contribution in [0.15, 0.2) is 48.5 Å². The molecule has 9 heteroatoms. The van der Waals surface area contributed by atoms with Crippen LogP contribution in [-0.4, -0.2) is 67.7 Å². The van der Waals surface area contributed by atoms with E-state index in [-0.39, 0.29) is 61.0 Å². The number of hydrogen-bond acceptors (Lipinski definition) is 6. The zero-order valence-electron chi connectivity index (χ0n) is 22.6. The SMILES string of the molecule is C[C@@H](NC(=O)C[C@@H]1CC[C@H]2[C@H](COc3ccc(NC(=O)C4CCOCC4)cc3C(=O)N2C)O1)c1ccccc1. The Labute approximate surface area is 229 Å². The number of carbonyl (C=O) groups excluding carboxylic acids is 3. The fourth-order valence-electron chi connectivity index (χ4n) is 5.64. The van der Waals surface area contributed by atoms with E-state index in [9.17, 15) is 14.4 Å². The third-order valence-corrected chi connectivity index (χ3v) is 7.96. The third-order valence-electron chi connectivity index (χ3n) is 7.96. The first-order valence-corrected chi connectivity index (χ1v) is 13.8. The molecule has 0 saturated carbocycles. The van der Waals surface area contributed by atoms with E-state index < -0.39 is 0 Å². The maximum absolute atomic E-state index is 13.5. The number of hydrogen-bond donors (Lipinski definition) is 2. The van der Waals surface area contributed by atoms with Crippen LogP contribution in [0, 0.1) is 5.92 Å². The second-order valence-electron chi connectivity index (χ2n) is 10.7. The van der Waals surface area contributed by atoms with Gasteiger partial charge in [-0.05, 0) is 56.4 Å². The number of anilines is 1. The summed E-state index contributed by atoms with van der Waals surface area (Å²) in [5, 5.41) is 6.01. The Morgan fingerprint density at radius 2 is 1.82 bits per heavy atom. The first kappa shape index (κ1) is 27.1. The van der Waals surface area contributed by atoms with Crippen molar-refractivity contribution in [3.63, 3.8) is 0 Å². The number of carbonyl (C=O) groups is 3. The lowest BCUT2D eigenvalue weighted by atomic mass is 9.94. The van der Waals surface area contributed by atoms with Crippen LogP contribution in [-0.2, 0) is 19.1 Å². The Balaban J connectivity index is 1.21. The van der Waals surface area contributed by atoms with Gasteiger partial charge >= 0.3 is 0 Å². The van der Waals surface area contributed by atoms with Crippen LogP contribution in [0.2, 0.25) is 0 Å². The molecule has 0 aliphatic carbocycles. The molecule has 208 valence electrons. The predicted octanol–water partition coefficient (Wildman–Crippen LogP) is 3.70. The van der Waals surface area contributed by atoms with Crippen molar-refractivity contribution in [1.82, 2.24) is 10.2 Å². The minimum atomic E-state index is -0.349. The summed E-state index contributed by atoms with van der Waals surface area (Å²) in [6.45, 7) is 3.40. The Kier molecular flexibility index (Phi) is 8.47. The van der Waals surface area contributed by atoms with Gasteiger partial charge in [0.15, 0.2) is 0 Å². The molecule has 39 heavy (non-hydrogen) atoms. The summed E-state index contributed by atoms with van der Waals surface area (Å²) in [4.78, 5) is 40.6. The van der Waals surface area contributed by atoms with Crippen molar-refractivity contribution < 1.29 is 28.6 Å². The minimum absolute atomic E-state index is 0.0557. The van der Waals surface area contributed by atoms with Crippen molar-refractivity contribution >= 4 is 23.4 Å². The Morgan fingerprint density at radius 3 is 2.59 bits per heavy atom. The summed E-state index contributed by atoms with van der Waals surface area (Å²) in [5.74, 6) is 0.0615. The van der Waals surface area contributed by atoms with Crippen LogP contribution < -0.4 is 15.4 Å². The van der Waals surface area contributed by atoms with E-state index in [4.69, 9.17) is 14.2 Å². The van der Waals surface area contributed by atoms with Crippen LogP contribution in [0.3, 0.4) is 0 Å². The Morgan fingerprint density at radius 1 is 1.05 bits per heavy atom. The average molecular weight is 536 g/mol. The van der Waals surface area contributed by atoms with Gasteiger partial charge in [-0.1, -0.05) is 30.3 Å². The van der Waals surface area contributed by atoms with Gasteiger partial charge in [-0.2, -0.15) is 0 Å². The van der Waals surface area contributed by atoms with E-state index in [1.54, 1.807) is 30.1 Å².